The normalized spacial score (nSPS) is 9.80. The molecule has 0 aliphatic heterocycles. The Bertz CT molecular complexity index is 680. The van der Waals surface area contributed by atoms with Gasteiger partial charge in [0.05, 0.1) is 0 Å². The topological polar surface area (TPSA) is 115 Å². The van der Waals surface area contributed by atoms with E-state index in [2.05, 4.69) is 0 Å². The van der Waals surface area contributed by atoms with Crippen molar-refractivity contribution in [3.63, 3.8) is 0 Å². The number of hydrogen-bond donors (Lipinski definition) is 4. The summed E-state index contributed by atoms with van der Waals surface area (Å²) in [5, 5.41) is 33.2. The van der Waals surface area contributed by atoms with Crippen LogP contribution in [0, 0.1) is 0 Å². The monoisotopic (exact) mass is 346 g/mol. The Morgan fingerprint density at radius 3 is 1.40 bits per heavy atom. The van der Waals surface area contributed by atoms with E-state index in [0.717, 1.165) is 30.5 Å². The first-order valence-corrected chi connectivity index (χ1v) is 7.27. The summed E-state index contributed by atoms with van der Waals surface area (Å²) < 4.78 is 0. The maximum absolute atomic E-state index is 9.21. The number of carboxylic acid groups (broad SMARTS) is 2. The molecule has 6 heteroatoms. The molecule has 0 unspecified atom stereocenters. The minimum Gasteiger partial charge on any atom is -0.508 e. The molecule has 0 atom stereocenters. The average molecular weight is 346 g/mol. The summed E-state index contributed by atoms with van der Waals surface area (Å²) in [5.74, 6) is -1.13. The molecule has 0 aliphatic rings. The third-order valence-corrected chi connectivity index (χ3v) is 2.60. The van der Waals surface area contributed by atoms with Gasteiger partial charge in [0.1, 0.15) is 11.5 Å². The van der Waals surface area contributed by atoms with Crippen LogP contribution in [0.15, 0.2) is 48.5 Å². The van der Waals surface area contributed by atoms with Gasteiger partial charge in [-0.15, -0.1) is 0 Å². The van der Waals surface area contributed by atoms with Crippen LogP contribution < -0.4 is 0 Å². The predicted molar refractivity (Wildman–Crippen MR) is 96.4 cm³/mol. The van der Waals surface area contributed by atoms with E-state index in [0.29, 0.717) is 0 Å². The standard InChI is InChI=1S/C15H14O2.2C2H4O2/c1-11(13-4-8-15(17)9-5-13)10-12-2-6-14(16)7-3-12;2*1-2(3)4/h2-10,16-17H,1H3;2*1H3,(H,3,4). The zero-order valence-corrected chi connectivity index (χ0v) is 14.3. The molecule has 0 bridgehead atoms. The number of aromatic hydroxyl groups is 2. The fourth-order valence-electron chi connectivity index (χ4n) is 1.63. The first-order valence-electron chi connectivity index (χ1n) is 7.27. The third-order valence-electron chi connectivity index (χ3n) is 2.60. The highest BCUT2D eigenvalue weighted by atomic mass is 16.4. The number of phenols is 2. The molecule has 2 aromatic carbocycles. The Morgan fingerprint density at radius 2 is 1.04 bits per heavy atom. The van der Waals surface area contributed by atoms with Crippen LogP contribution in [0.4, 0.5) is 0 Å². The Balaban J connectivity index is 0.000000609. The first-order chi connectivity index (χ1) is 11.6. The van der Waals surface area contributed by atoms with Gasteiger partial charge in [-0.05, 0) is 47.9 Å². The average Bonchev–Trinajstić information content (AvgIpc) is 2.49. The number of allylic oxidation sites excluding steroid dienone is 1. The summed E-state index contributed by atoms with van der Waals surface area (Å²) in [6.45, 7) is 4.18. The number of benzene rings is 2. The van der Waals surface area contributed by atoms with Crippen LogP contribution in [0.25, 0.3) is 11.6 Å². The summed E-state index contributed by atoms with van der Waals surface area (Å²) in [7, 11) is 0. The first kappa shape index (κ1) is 21.7. The van der Waals surface area contributed by atoms with Crippen LogP contribution in [0.2, 0.25) is 0 Å². The maximum Gasteiger partial charge on any atom is 0.300 e. The number of aliphatic carboxylic acids is 2. The molecule has 0 spiro atoms. The molecule has 0 saturated carbocycles. The second-order valence-corrected chi connectivity index (χ2v) is 5.00. The Kier molecular flexibility index (Phi) is 9.81. The second kappa shape index (κ2) is 11.3. The molecule has 25 heavy (non-hydrogen) atoms. The largest absolute Gasteiger partial charge is 0.508 e. The van der Waals surface area contributed by atoms with E-state index < -0.39 is 11.9 Å². The highest BCUT2D eigenvalue weighted by Crippen LogP contribution is 2.21. The van der Waals surface area contributed by atoms with Crippen LogP contribution in [0.3, 0.4) is 0 Å². The lowest BCUT2D eigenvalue weighted by atomic mass is 10.0. The van der Waals surface area contributed by atoms with Gasteiger partial charge in [-0.3, -0.25) is 9.59 Å². The van der Waals surface area contributed by atoms with Gasteiger partial charge in [-0.2, -0.15) is 0 Å². The van der Waals surface area contributed by atoms with E-state index >= 15 is 0 Å². The predicted octanol–water partition coefficient (Wildman–Crippen LogP) is 3.84. The molecule has 2 aromatic rings. The van der Waals surface area contributed by atoms with Gasteiger partial charge >= 0.3 is 0 Å². The van der Waals surface area contributed by atoms with E-state index in [1.165, 1.54) is 0 Å². The summed E-state index contributed by atoms with van der Waals surface area (Å²) in [6.07, 6.45) is 2.03. The molecule has 134 valence electrons. The SMILES string of the molecule is CC(=Cc1ccc(O)cc1)c1ccc(O)cc1.CC(=O)O.CC(=O)O. The van der Waals surface area contributed by atoms with Crippen LogP contribution in [-0.4, -0.2) is 32.4 Å². The van der Waals surface area contributed by atoms with E-state index in [1.54, 1.807) is 24.3 Å². The summed E-state index contributed by atoms with van der Waals surface area (Å²) in [4.78, 5) is 18.0. The molecule has 0 fully saturated rings. The van der Waals surface area contributed by atoms with Crippen molar-refractivity contribution in [1.29, 1.82) is 0 Å². The zero-order chi connectivity index (χ0) is 19.4. The molecule has 4 N–H and O–H groups in total. The molecule has 0 radical (unpaired) electrons. The van der Waals surface area contributed by atoms with E-state index in [1.807, 2.05) is 37.3 Å². The smallest absolute Gasteiger partial charge is 0.300 e. The van der Waals surface area contributed by atoms with E-state index in [-0.39, 0.29) is 11.5 Å². The molecule has 0 aromatic heterocycles. The van der Waals surface area contributed by atoms with Crippen molar-refractivity contribution in [2.45, 2.75) is 20.8 Å². The summed E-state index contributed by atoms with van der Waals surface area (Å²) in [6, 6.07) is 14.1. The Labute approximate surface area is 146 Å². The van der Waals surface area contributed by atoms with Gasteiger partial charge in [0.25, 0.3) is 11.9 Å². The van der Waals surface area contributed by atoms with Gasteiger partial charge in [0, 0.05) is 13.8 Å². The van der Waals surface area contributed by atoms with E-state index in [9.17, 15) is 10.2 Å². The highest BCUT2D eigenvalue weighted by molar-refractivity contribution is 5.80. The van der Waals surface area contributed by atoms with Crippen LogP contribution >= 0.6 is 0 Å². The Hall–Kier alpha value is -3.28. The number of carbonyl (C=O) groups is 2. The molecule has 0 saturated heterocycles. The number of carboxylic acids is 2. The molecule has 6 nitrogen and oxygen atoms in total. The van der Waals surface area contributed by atoms with Crippen LogP contribution in [-0.2, 0) is 9.59 Å². The highest BCUT2D eigenvalue weighted by Gasteiger charge is 1.97. The lowest BCUT2D eigenvalue weighted by molar-refractivity contribution is -0.135. The van der Waals surface area contributed by atoms with Gasteiger partial charge in [0.15, 0.2) is 0 Å². The zero-order valence-electron chi connectivity index (χ0n) is 14.3. The van der Waals surface area contributed by atoms with Crippen molar-refractivity contribution in [1.82, 2.24) is 0 Å². The Morgan fingerprint density at radius 1 is 0.720 bits per heavy atom. The lowest BCUT2D eigenvalue weighted by Gasteiger charge is -2.02. The minimum absolute atomic E-state index is 0.268. The molecular formula is C19H22O6. The second-order valence-electron chi connectivity index (χ2n) is 5.00. The van der Waals surface area contributed by atoms with Gasteiger partial charge in [-0.25, -0.2) is 0 Å². The number of hydrogen-bond acceptors (Lipinski definition) is 4. The van der Waals surface area contributed by atoms with Crippen molar-refractivity contribution in [2.75, 3.05) is 0 Å². The molecule has 2 rings (SSSR count). The molecule has 0 aliphatic carbocycles. The minimum atomic E-state index is -0.833. The lowest BCUT2D eigenvalue weighted by Crippen LogP contribution is -1.79. The van der Waals surface area contributed by atoms with Crippen molar-refractivity contribution < 1.29 is 30.0 Å². The number of rotatable bonds is 2. The van der Waals surface area contributed by atoms with Crippen molar-refractivity contribution in [2.24, 2.45) is 0 Å². The van der Waals surface area contributed by atoms with E-state index in [4.69, 9.17) is 19.8 Å². The molecule has 0 heterocycles. The third kappa shape index (κ3) is 11.9. The van der Waals surface area contributed by atoms with Crippen molar-refractivity contribution in [3.05, 3.63) is 59.7 Å². The fraction of sp³-hybridized carbons (Fsp3) is 0.158. The van der Waals surface area contributed by atoms with Crippen LogP contribution in [0.5, 0.6) is 11.5 Å². The summed E-state index contributed by atoms with van der Waals surface area (Å²) >= 11 is 0. The van der Waals surface area contributed by atoms with Gasteiger partial charge < -0.3 is 20.4 Å². The quantitative estimate of drug-likeness (QED) is 0.614. The van der Waals surface area contributed by atoms with Crippen molar-refractivity contribution in [3.8, 4) is 11.5 Å². The van der Waals surface area contributed by atoms with Crippen molar-refractivity contribution >= 4 is 23.6 Å². The number of phenolic OH excluding ortho intramolecular Hbond substituents is 2. The molecule has 0 amide bonds. The van der Waals surface area contributed by atoms with Gasteiger partial charge in [-0.1, -0.05) is 30.3 Å². The maximum atomic E-state index is 9.21. The fourth-order valence-corrected chi connectivity index (χ4v) is 1.63. The summed E-state index contributed by atoms with van der Waals surface area (Å²) in [5.41, 5.74) is 3.21. The van der Waals surface area contributed by atoms with Crippen LogP contribution in [0.1, 0.15) is 31.9 Å². The molecular weight excluding hydrogens is 324 g/mol. The van der Waals surface area contributed by atoms with Gasteiger partial charge in [0.2, 0.25) is 0 Å².